The molecular formula is C14H30N2. The highest BCUT2D eigenvalue weighted by Crippen LogP contribution is 2.22. The van der Waals surface area contributed by atoms with Gasteiger partial charge in [-0.1, -0.05) is 47.5 Å². The van der Waals surface area contributed by atoms with Gasteiger partial charge in [0.25, 0.3) is 0 Å². The Hall–Kier alpha value is -0.0800. The maximum atomic E-state index is 3.66. The Kier molecular flexibility index (Phi) is 5.26. The van der Waals surface area contributed by atoms with Gasteiger partial charge in [-0.25, -0.2) is 0 Å². The number of piperazine rings is 1. The van der Waals surface area contributed by atoms with Gasteiger partial charge in [0.15, 0.2) is 0 Å². The van der Waals surface area contributed by atoms with Crippen molar-refractivity contribution in [3.8, 4) is 0 Å². The summed E-state index contributed by atoms with van der Waals surface area (Å²) >= 11 is 0. The van der Waals surface area contributed by atoms with Gasteiger partial charge in [0, 0.05) is 32.2 Å². The molecule has 1 unspecified atom stereocenters. The van der Waals surface area contributed by atoms with Crippen LogP contribution in [0.25, 0.3) is 0 Å². The van der Waals surface area contributed by atoms with Crippen LogP contribution in [0, 0.1) is 11.3 Å². The van der Waals surface area contributed by atoms with Crippen LogP contribution in [0.4, 0.5) is 0 Å². The molecule has 0 saturated carbocycles. The van der Waals surface area contributed by atoms with E-state index in [4.69, 9.17) is 0 Å². The molecule has 0 aromatic carbocycles. The minimum atomic E-state index is 0.382. The van der Waals surface area contributed by atoms with Crippen LogP contribution >= 0.6 is 0 Å². The van der Waals surface area contributed by atoms with Gasteiger partial charge in [-0.3, -0.25) is 0 Å². The Morgan fingerprint density at radius 1 is 1.25 bits per heavy atom. The highest BCUT2D eigenvalue weighted by atomic mass is 15.2. The first kappa shape index (κ1) is 14.0. The van der Waals surface area contributed by atoms with E-state index in [9.17, 15) is 0 Å². The molecule has 1 aliphatic heterocycles. The summed E-state index contributed by atoms with van der Waals surface area (Å²) in [6.07, 6.45) is 2.64. The van der Waals surface area contributed by atoms with E-state index in [-0.39, 0.29) is 0 Å². The van der Waals surface area contributed by atoms with Crippen molar-refractivity contribution < 1.29 is 0 Å². The van der Waals surface area contributed by atoms with Gasteiger partial charge in [-0.2, -0.15) is 0 Å². The molecule has 2 heteroatoms. The summed E-state index contributed by atoms with van der Waals surface area (Å²) in [4.78, 5) is 2.66. The van der Waals surface area contributed by atoms with Gasteiger partial charge in [0.2, 0.25) is 0 Å². The maximum absolute atomic E-state index is 3.66. The van der Waals surface area contributed by atoms with Gasteiger partial charge < -0.3 is 10.2 Å². The second-order valence-electron chi connectivity index (χ2n) is 6.31. The summed E-state index contributed by atoms with van der Waals surface area (Å²) < 4.78 is 0. The predicted molar refractivity (Wildman–Crippen MR) is 71.8 cm³/mol. The molecule has 0 aliphatic carbocycles. The van der Waals surface area contributed by atoms with Gasteiger partial charge in [-0.05, 0) is 11.3 Å². The van der Waals surface area contributed by atoms with E-state index >= 15 is 0 Å². The molecule has 1 N–H and O–H groups in total. The van der Waals surface area contributed by atoms with Crippen molar-refractivity contribution in [3.05, 3.63) is 0 Å². The summed E-state index contributed by atoms with van der Waals surface area (Å²) in [5.74, 6) is 0.888. The minimum Gasteiger partial charge on any atom is -0.311 e. The zero-order valence-corrected chi connectivity index (χ0v) is 11.8. The molecule has 1 atom stereocenters. The van der Waals surface area contributed by atoms with Crippen molar-refractivity contribution in [2.45, 2.75) is 53.5 Å². The first-order valence-electron chi connectivity index (χ1n) is 6.93. The number of rotatable bonds is 4. The van der Waals surface area contributed by atoms with Gasteiger partial charge in [0.05, 0.1) is 0 Å². The molecule has 0 amide bonds. The SMILES string of the molecule is CCC(CC)CN1CCNC(C(C)(C)C)C1. The van der Waals surface area contributed by atoms with Crippen LogP contribution in [-0.2, 0) is 0 Å². The van der Waals surface area contributed by atoms with Crippen molar-refractivity contribution in [1.82, 2.24) is 10.2 Å². The fourth-order valence-corrected chi connectivity index (χ4v) is 2.47. The molecule has 0 bridgehead atoms. The average molecular weight is 226 g/mol. The van der Waals surface area contributed by atoms with E-state index in [0.717, 1.165) is 12.5 Å². The Morgan fingerprint density at radius 3 is 2.38 bits per heavy atom. The molecule has 0 aromatic heterocycles. The molecule has 1 saturated heterocycles. The second kappa shape index (κ2) is 6.02. The number of hydrogen-bond donors (Lipinski definition) is 1. The monoisotopic (exact) mass is 226 g/mol. The van der Waals surface area contributed by atoms with Crippen LogP contribution in [0.1, 0.15) is 47.5 Å². The van der Waals surface area contributed by atoms with E-state index < -0.39 is 0 Å². The lowest BCUT2D eigenvalue weighted by atomic mass is 9.85. The molecule has 16 heavy (non-hydrogen) atoms. The normalized spacial score (nSPS) is 24.0. The number of nitrogens with zero attached hydrogens (tertiary/aromatic N) is 1. The van der Waals surface area contributed by atoms with Crippen LogP contribution in [0.15, 0.2) is 0 Å². The van der Waals surface area contributed by atoms with Gasteiger partial charge >= 0.3 is 0 Å². The van der Waals surface area contributed by atoms with Gasteiger partial charge in [-0.15, -0.1) is 0 Å². The highest BCUT2D eigenvalue weighted by molar-refractivity contribution is 4.87. The first-order valence-corrected chi connectivity index (χ1v) is 6.93. The summed E-state index contributed by atoms with van der Waals surface area (Å²) in [7, 11) is 0. The smallest absolute Gasteiger partial charge is 0.0244 e. The number of nitrogens with one attached hydrogen (secondary N) is 1. The highest BCUT2D eigenvalue weighted by Gasteiger charge is 2.29. The molecule has 2 nitrogen and oxygen atoms in total. The van der Waals surface area contributed by atoms with Crippen LogP contribution in [-0.4, -0.2) is 37.1 Å². The predicted octanol–water partition coefficient (Wildman–Crippen LogP) is 2.74. The van der Waals surface area contributed by atoms with Crippen molar-refractivity contribution in [2.24, 2.45) is 11.3 Å². The Labute approximate surface area is 102 Å². The van der Waals surface area contributed by atoms with Crippen LogP contribution in [0.3, 0.4) is 0 Å². The molecule has 1 rings (SSSR count). The molecule has 1 aliphatic rings. The molecule has 1 fully saturated rings. The Bertz CT molecular complexity index is 191. The average Bonchev–Trinajstić information content (AvgIpc) is 2.25. The molecule has 1 heterocycles. The van der Waals surface area contributed by atoms with E-state index in [1.165, 1.54) is 32.5 Å². The van der Waals surface area contributed by atoms with E-state index in [2.05, 4.69) is 44.8 Å². The van der Waals surface area contributed by atoms with Crippen molar-refractivity contribution in [3.63, 3.8) is 0 Å². The topological polar surface area (TPSA) is 15.3 Å². The quantitative estimate of drug-likeness (QED) is 0.793. The molecule has 0 aromatic rings. The molecule has 0 radical (unpaired) electrons. The number of hydrogen-bond acceptors (Lipinski definition) is 2. The Balaban J connectivity index is 2.44. The molecule has 0 spiro atoms. The fourth-order valence-electron chi connectivity index (χ4n) is 2.47. The molecule has 96 valence electrons. The summed E-state index contributed by atoms with van der Waals surface area (Å²) in [6, 6.07) is 0.649. The van der Waals surface area contributed by atoms with Crippen molar-refractivity contribution in [2.75, 3.05) is 26.2 Å². The third-order valence-corrected chi connectivity index (χ3v) is 3.98. The third kappa shape index (κ3) is 4.06. The summed E-state index contributed by atoms with van der Waals surface area (Å²) in [5.41, 5.74) is 0.382. The minimum absolute atomic E-state index is 0.382. The second-order valence-corrected chi connectivity index (χ2v) is 6.31. The van der Waals surface area contributed by atoms with Crippen LogP contribution in [0.5, 0.6) is 0 Å². The first-order chi connectivity index (χ1) is 7.47. The lowest BCUT2D eigenvalue weighted by Gasteiger charge is -2.41. The summed E-state index contributed by atoms with van der Waals surface area (Å²) in [6.45, 7) is 16.5. The zero-order chi connectivity index (χ0) is 12.2. The summed E-state index contributed by atoms with van der Waals surface area (Å²) in [5, 5.41) is 3.66. The fraction of sp³-hybridized carbons (Fsp3) is 1.00. The zero-order valence-electron chi connectivity index (χ0n) is 11.8. The van der Waals surface area contributed by atoms with Crippen molar-refractivity contribution in [1.29, 1.82) is 0 Å². The molecular weight excluding hydrogens is 196 g/mol. The van der Waals surface area contributed by atoms with E-state index in [0.29, 0.717) is 11.5 Å². The van der Waals surface area contributed by atoms with E-state index in [1.807, 2.05) is 0 Å². The standard InChI is InChI=1S/C14H30N2/c1-6-12(7-2)10-16-9-8-15-13(11-16)14(3,4)5/h12-13,15H,6-11H2,1-5H3. The van der Waals surface area contributed by atoms with Gasteiger partial charge in [0.1, 0.15) is 0 Å². The Morgan fingerprint density at radius 2 is 1.88 bits per heavy atom. The van der Waals surface area contributed by atoms with Crippen molar-refractivity contribution >= 4 is 0 Å². The lowest BCUT2D eigenvalue weighted by Crippen LogP contribution is -2.56. The lowest BCUT2D eigenvalue weighted by molar-refractivity contribution is 0.118. The van der Waals surface area contributed by atoms with E-state index in [1.54, 1.807) is 0 Å². The maximum Gasteiger partial charge on any atom is 0.0244 e. The van der Waals surface area contributed by atoms with Crippen LogP contribution in [0.2, 0.25) is 0 Å². The largest absolute Gasteiger partial charge is 0.311 e. The van der Waals surface area contributed by atoms with Crippen LogP contribution < -0.4 is 5.32 Å². The third-order valence-electron chi connectivity index (χ3n) is 3.98.